The fourth-order valence-electron chi connectivity index (χ4n) is 2.77. The van der Waals surface area contributed by atoms with Gasteiger partial charge in [0.1, 0.15) is 11.2 Å². The Bertz CT molecular complexity index is 270. The number of Topliss-reactive ketones (excluding diaryl/α,β-unsaturated/α-hetero) is 1. The molecule has 78 valence electrons. The molecule has 0 unspecified atom stereocenters. The molecule has 2 aliphatic rings. The third kappa shape index (κ3) is 1.26. The number of piperidine rings is 1. The van der Waals surface area contributed by atoms with E-state index in [1.807, 2.05) is 7.05 Å². The molecule has 0 aromatic heterocycles. The van der Waals surface area contributed by atoms with Gasteiger partial charge in [-0.2, -0.15) is 0 Å². The van der Waals surface area contributed by atoms with Crippen molar-refractivity contribution < 1.29 is 9.59 Å². The van der Waals surface area contributed by atoms with Gasteiger partial charge >= 0.3 is 0 Å². The molecule has 0 bridgehead atoms. The number of hydrogen-bond donors (Lipinski definition) is 0. The summed E-state index contributed by atoms with van der Waals surface area (Å²) >= 11 is 0. The normalized spacial score (nSPS) is 33.9. The van der Waals surface area contributed by atoms with Gasteiger partial charge < -0.3 is 4.90 Å². The van der Waals surface area contributed by atoms with Crippen LogP contribution in [0, 0.1) is 5.41 Å². The molecule has 1 aliphatic heterocycles. The second-order valence-corrected chi connectivity index (χ2v) is 4.54. The van der Waals surface area contributed by atoms with E-state index >= 15 is 0 Å². The minimum Gasteiger partial charge on any atom is -0.345 e. The first-order chi connectivity index (χ1) is 6.67. The number of likely N-dealkylation sites (tertiary alicyclic amines) is 1. The monoisotopic (exact) mass is 195 g/mol. The Hall–Kier alpha value is -0.860. The third-order valence-corrected chi connectivity index (χ3v) is 3.64. The Balaban J connectivity index is 2.27. The minimum atomic E-state index is -0.606. The van der Waals surface area contributed by atoms with E-state index in [1.54, 1.807) is 4.90 Å². The van der Waals surface area contributed by atoms with E-state index in [1.165, 1.54) is 0 Å². The summed E-state index contributed by atoms with van der Waals surface area (Å²) in [5.41, 5.74) is -0.606. The molecule has 1 amide bonds. The molecule has 0 N–H and O–H groups in total. The first kappa shape index (κ1) is 9.69. The maximum atomic E-state index is 12.0. The molecular formula is C11H17NO2. The number of hydrogen-bond acceptors (Lipinski definition) is 2. The number of carbonyl (C=O) groups excluding carboxylic acids is 2. The maximum Gasteiger partial charge on any atom is 0.236 e. The van der Waals surface area contributed by atoms with Crippen molar-refractivity contribution in [3.63, 3.8) is 0 Å². The van der Waals surface area contributed by atoms with Crippen molar-refractivity contribution >= 4 is 11.7 Å². The van der Waals surface area contributed by atoms with Gasteiger partial charge in [-0.15, -0.1) is 0 Å². The van der Waals surface area contributed by atoms with E-state index in [0.717, 1.165) is 38.6 Å². The Morgan fingerprint density at radius 3 is 2.57 bits per heavy atom. The largest absolute Gasteiger partial charge is 0.345 e. The van der Waals surface area contributed by atoms with Crippen LogP contribution in [0.4, 0.5) is 0 Å². The summed E-state index contributed by atoms with van der Waals surface area (Å²) in [6.07, 6.45) is 5.17. The first-order valence-corrected chi connectivity index (χ1v) is 5.46. The van der Waals surface area contributed by atoms with Crippen LogP contribution in [-0.2, 0) is 9.59 Å². The molecule has 0 radical (unpaired) electrons. The molecule has 3 heteroatoms. The fraction of sp³-hybridized carbons (Fsp3) is 0.818. The summed E-state index contributed by atoms with van der Waals surface area (Å²) in [6, 6.07) is 0. The van der Waals surface area contributed by atoms with Crippen molar-refractivity contribution in [2.45, 2.75) is 38.5 Å². The highest BCUT2D eigenvalue weighted by Gasteiger charge is 2.49. The van der Waals surface area contributed by atoms with Crippen molar-refractivity contribution in [3.8, 4) is 0 Å². The Morgan fingerprint density at radius 2 is 1.86 bits per heavy atom. The number of ketones is 1. The van der Waals surface area contributed by atoms with Crippen LogP contribution in [0.15, 0.2) is 0 Å². The highest BCUT2D eigenvalue weighted by Crippen LogP contribution is 2.41. The molecule has 1 saturated carbocycles. The number of rotatable bonds is 0. The van der Waals surface area contributed by atoms with Gasteiger partial charge in [0.15, 0.2) is 0 Å². The minimum absolute atomic E-state index is 0.0773. The highest BCUT2D eigenvalue weighted by molar-refractivity contribution is 6.06. The fourth-order valence-corrected chi connectivity index (χ4v) is 2.77. The lowest BCUT2D eigenvalue weighted by atomic mass is 9.68. The molecule has 1 saturated heterocycles. The van der Waals surface area contributed by atoms with E-state index in [9.17, 15) is 9.59 Å². The van der Waals surface area contributed by atoms with Crippen molar-refractivity contribution in [1.29, 1.82) is 0 Å². The van der Waals surface area contributed by atoms with E-state index < -0.39 is 5.41 Å². The molecule has 1 aliphatic carbocycles. The third-order valence-electron chi connectivity index (χ3n) is 3.64. The standard InChI is InChI=1S/C11H17NO2/c1-12-8-4-7-11(10(12)14)6-3-2-5-9(11)13/h2-8H2,1H3/t11-/m0/s1. The van der Waals surface area contributed by atoms with Crippen molar-refractivity contribution in [1.82, 2.24) is 4.90 Å². The summed E-state index contributed by atoms with van der Waals surface area (Å²) in [5, 5.41) is 0. The second kappa shape index (κ2) is 3.37. The molecule has 3 nitrogen and oxygen atoms in total. The number of amides is 1. The second-order valence-electron chi connectivity index (χ2n) is 4.54. The van der Waals surface area contributed by atoms with Gasteiger partial charge in [0, 0.05) is 20.0 Å². The van der Waals surface area contributed by atoms with Crippen LogP contribution in [0.1, 0.15) is 38.5 Å². The SMILES string of the molecule is CN1CCC[C@]2(CCCCC2=O)C1=O. The summed E-state index contributed by atoms with van der Waals surface area (Å²) in [4.78, 5) is 25.6. The van der Waals surface area contributed by atoms with E-state index in [2.05, 4.69) is 0 Å². The first-order valence-electron chi connectivity index (χ1n) is 5.46. The van der Waals surface area contributed by atoms with E-state index in [0.29, 0.717) is 6.42 Å². The Labute approximate surface area is 84.5 Å². The van der Waals surface area contributed by atoms with Crippen LogP contribution in [0.2, 0.25) is 0 Å². The van der Waals surface area contributed by atoms with Gasteiger partial charge in [-0.25, -0.2) is 0 Å². The molecule has 0 aromatic rings. The van der Waals surface area contributed by atoms with Crippen LogP contribution >= 0.6 is 0 Å². The van der Waals surface area contributed by atoms with Gasteiger partial charge in [-0.05, 0) is 25.7 Å². The van der Waals surface area contributed by atoms with Crippen LogP contribution in [0.3, 0.4) is 0 Å². The molecule has 1 spiro atoms. The maximum absolute atomic E-state index is 12.0. The molecule has 0 aromatic carbocycles. The van der Waals surface area contributed by atoms with Gasteiger partial charge in [-0.1, -0.05) is 6.42 Å². The van der Waals surface area contributed by atoms with Gasteiger partial charge in [-0.3, -0.25) is 9.59 Å². The van der Waals surface area contributed by atoms with Crippen LogP contribution in [0.5, 0.6) is 0 Å². The average molecular weight is 195 g/mol. The van der Waals surface area contributed by atoms with Gasteiger partial charge in [0.25, 0.3) is 0 Å². The molecular weight excluding hydrogens is 178 g/mol. The predicted molar refractivity (Wildman–Crippen MR) is 52.8 cm³/mol. The summed E-state index contributed by atoms with van der Waals surface area (Å²) < 4.78 is 0. The Kier molecular flexibility index (Phi) is 2.33. The zero-order valence-corrected chi connectivity index (χ0v) is 8.71. The van der Waals surface area contributed by atoms with Crippen LogP contribution in [-0.4, -0.2) is 30.2 Å². The van der Waals surface area contributed by atoms with Gasteiger partial charge in [0.05, 0.1) is 0 Å². The zero-order chi connectivity index (χ0) is 10.2. The quantitative estimate of drug-likeness (QED) is 0.547. The van der Waals surface area contributed by atoms with Crippen LogP contribution < -0.4 is 0 Å². The van der Waals surface area contributed by atoms with Crippen LogP contribution in [0.25, 0.3) is 0 Å². The van der Waals surface area contributed by atoms with Crippen molar-refractivity contribution in [2.24, 2.45) is 5.41 Å². The zero-order valence-electron chi connectivity index (χ0n) is 8.71. The Morgan fingerprint density at radius 1 is 1.14 bits per heavy atom. The smallest absolute Gasteiger partial charge is 0.236 e. The molecule has 2 rings (SSSR count). The molecule has 1 heterocycles. The lowest BCUT2D eigenvalue weighted by molar-refractivity contribution is -0.155. The predicted octanol–water partition coefficient (Wildman–Crippen LogP) is 1.37. The van der Waals surface area contributed by atoms with E-state index in [4.69, 9.17) is 0 Å². The molecule has 2 fully saturated rings. The van der Waals surface area contributed by atoms with Gasteiger partial charge in [0.2, 0.25) is 5.91 Å². The number of carbonyl (C=O) groups is 2. The van der Waals surface area contributed by atoms with Crippen molar-refractivity contribution in [3.05, 3.63) is 0 Å². The molecule has 14 heavy (non-hydrogen) atoms. The van der Waals surface area contributed by atoms with E-state index in [-0.39, 0.29) is 11.7 Å². The highest BCUT2D eigenvalue weighted by atomic mass is 16.2. The summed E-state index contributed by atoms with van der Waals surface area (Å²) in [6.45, 7) is 0.813. The topological polar surface area (TPSA) is 37.4 Å². The average Bonchev–Trinajstić information content (AvgIpc) is 2.18. The lowest BCUT2D eigenvalue weighted by Crippen LogP contribution is -2.52. The molecule has 1 atom stereocenters. The lowest BCUT2D eigenvalue weighted by Gasteiger charge is -2.41. The summed E-state index contributed by atoms with van der Waals surface area (Å²) in [7, 11) is 1.81. The van der Waals surface area contributed by atoms with Crippen molar-refractivity contribution in [2.75, 3.05) is 13.6 Å². The number of nitrogens with zero attached hydrogens (tertiary/aromatic N) is 1. The summed E-state index contributed by atoms with van der Waals surface area (Å²) in [5.74, 6) is 0.272.